The van der Waals surface area contributed by atoms with Gasteiger partial charge in [-0.05, 0) is 36.8 Å². The molecule has 1 aliphatic carbocycles. The van der Waals surface area contributed by atoms with E-state index in [0.717, 1.165) is 49.5 Å². The van der Waals surface area contributed by atoms with Crippen LogP contribution in [0.25, 0.3) is 10.9 Å². The number of amides is 1. The molecule has 2 aliphatic rings. The number of para-hydroxylation sites is 1. The van der Waals surface area contributed by atoms with Crippen molar-refractivity contribution in [1.29, 1.82) is 0 Å². The lowest BCUT2D eigenvalue weighted by atomic mass is 9.88. The number of nitrogens with zero attached hydrogens (tertiary/aromatic N) is 2. The van der Waals surface area contributed by atoms with Crippen LogP contribution in [0.1, 0.15) is 44.2 Å². The van der Waals surface area contributed by atoms with Gasteiger partial charge in [-0.1, -0.05) is 37.5 Å². The molecule has 6 heteroatoms. The summed E-state index contributed by atoms with van der Waals surface area (Å²) in [4.78, 5) is 22.6. The van der Waals surface area contributed by atoms with Crippen LogP contribution in [0, 0.1) is 5.92 Å². The number of aliphatic imine (C=N–C) groups is 1. The fraction of sp³-hybridized carbons (Fsp3) is 0.545. The number of carbonyl (C=O) groups is 1. The number of guanidine groups is 1. The summed E-state index contributed by atoms with van der Waals surface area (Å²) in [5.41, 5.74) is 2.28. The zero-order chi connectivity index (χ0) is 19.3. The highest BCUT2D eigenvalue weighted by Gasteiger charge is 2.31. The average Bonchev–Trinajstić information content (AvgIpc) is 3.37. The highest BCUT2D eigenvalue weighted by Crippen LogP contribution is 2.26. The Kier molecular flexibility index (Phi) is 5.84. The van der Waals surface area contributed by atoms with Gasteiger partial charge in [0.1, 0.15) is 0 Å². The Hall–Kier alpha value is -2.50. The van der Waals surface area contributed by atoms with Gasteiger partial charge in [0, 0.05) is 43.3 Å². The SMILES string of the molecule is CN=C(NCc1cc2ccccc2[nH]1)NC1CCN(C(=O)C2CCCCC2)C1. The van der Waals surface area contributed by atoms with Gasteiger partial charge in [-0.2, -0.15) is 0 Å². The molecule has 2 fully saturated rings. The first-order chi connectivity index (χ1) is 13.7. The van der Waals surface area contributed by atoms with Crippen molar-refractivity contribution in [3.63, 3.8) is 0 Å². The van der Waals surface area contributed by atoms with Crippen molar-refractivity contribution in [2.24, 2.45) is 10.9 Å². The molecule has 28 heavy (non-hydrogen) atoms. The van der Waals surface area contributed by atoms with E-state index < -0.39 is 0 Å². The van der Waals surface area contributed by atoms with Crippen LogP contribution in [-0.2, 0) is 11.3 Å². The van der Waals surface area contributed by atoms with Crippen molar-refractivity contribution >= 4 is 22.8 Å². The van der Waals surface area contributed by atoms with E-state index in [0.29, 0.717) is 12.5 Å². The molecule has 6 nitrogen and oxygen atoms in total. The second-order valence-electron chi connectivity index (χ2n) is 8.06. The number of likely N-dealkylation sites (tertiary alicyclic amines) is 1. The minimum atomic E-state index is 0.256. The number of hydrogen-bond acceptors (Lipinski definition) is 2. The molecular weight excluding hydrogens is 350 g/mol. The molecule has 1 unspecified atom stereocenters. The summed E-state index contributed by atoms with van der Waals surface area (Å²) in [6, 6.07) is 10.7. The molecule has 1 aliphatic heterocycles. The van der Waals surface area contributed by atoms with Crippen molar-refractivity contribution in [1.82, 2.24) is 20.5 Å². The molecule has 4 rings (SSSR count). The lowest BCUT2D eigenvalue weighted by Gasteiger charge is -2.26. The minimum Gasteiger partial charge on any atom is -0.357 e. The number of hydrogen-bond donors (Lipinski definition) is 3. The molecule has 0 radical (unpaired) electrons. The molecule has 2 heterocycles. The monoisotopic (exact) mass is 381 g/mol. The van der Waals surface area contributed by atoms with E-state index >= 15 is 0 Å². The number of H-pyrrole nitrogens is 1. The summed E-state index contributed by atoms with van der Waals surface area (Å²) in [6.07, 6.45) is 6.81. The van der Waals surface area contributed by atoms with Crippen molar-refractivity contribution in [2.45, 2.75) is 51.1 Å². The maximum Gasteiger partial charge on any atom is 0.225 e. The van der Waals surface area contributed by atoms with Gasteiger partial charge in [0.25, 0.3) is 0 Å². The number of carbonyl (C=O) groups excluding carboxylic acids is 1. The third kappa shape index (κ3) is 4.32. The summed E-state index contributed by atoms with van der Waals surface area (Å²) >= 11 is 0. The average molecular weight is 382 g/mol. The Bertz CT molecular complexity index is 803. The largest absolute Gasteiger partial charge is 0.357 e. The molecule has 0 spiro atoms. The third-order valence-electron chi connectivity index (χ3n) is 6.05. The maximum atomic E-state index is 12.7. The first-order valence-corrected chi connectivity index (χ1v) is 10.6. The first-order valence-electron chi connectivity index (χ1n) is 10.6. The second-order valence-corrected chi connectivity index (χ2v) is 8.06. The van der Waals surface area contributed by atoms with Crippen LogP contribution >= 0.6 is 0 Å². The van der Waals surface area contributed by atoms with E-state index in [1.165, 1.54) is 24.6 Å². The predicted octanol–water partition coefficient (Wildman–Crippen LogP) is 3.01. The van der Waals surface area contributed by atoms with Gasteiger partial charge in [0.05, 0.1) is 6.54 Å². The van der Waals surface area contributed by atoms with Crippen molar-refractivity contribution in [2.75, 3.05) is 20.1 Å². The molecular formula is C22H31N5O. The summed E-state index contributed by atoms with van der Waals surface area (Å²) < 4.78 is 0. The summed E-state index contributed by atoms with van der Waals surface area (Å²) in [7, 11) is 1.79. The number of benzene rings is 1. The molecule has 1 aromatic heterocycles. The highest BCUT2D eigenvalue weighted by atomic mass is 16.2. The van der Waals surface area contributed by atoms with Gasteiger partial charge in [0.15, 0.2) is 5.96 Å². The van der Waals surface area contributed by atoms with Crippen molar-refractivity contribution < 1.29 is 4.79 Å². The number of fused-ring (bicyclic) bond motifs is 1. The first kappa shape index (κ1) is 18.8. The lowest BCUT2D eigenvalue weighted by Crippen LogP contribution is -2.45. The topological polar surface area (TPSA) is 72.5 Å². The molecule has 1 aromatic carbocycles. The van der Waals surface area contributed by atoms with Crippen LogP contribution in [-0.4, -0.2) is 47.9 Å². The number of aromatic amines is 1. The smallest absolute Gasteiger partial charge is 0.225 e. The van der Waals surface area contributed by atoms with Crippen LogP contribution in [0.5, 0.6) is 0 Å². The lowest BCUT2D eigenvalue weighted by molar-refractivity contribution is -0.135. The Balaban J connectivity index is 1.27. The van der Waals surface area contributed by atoms with Crippen LogP contribution in [0.4, 0.5) is 0 Å². The van der Waals surface area contributed by atoms with Gasteiger partial charge < -0.3 is 20.5 Å². The van der Waals surface area contributed by atoms with Gasteiger partial charge in [-0.15, -0.1) is 0 Å². The fourth-order valence-electron chi connectivity index (χ4n) is 4.48. The molecule has 1 saturated heterocycles. The predicted molar refractivity (Wildman–Crippen MR) is 113 cm³/mol. The standard InChI is InChI=1S/C22H31N5O/c1-23-22(24-14-19-13-17-9-5-6-10-20(17)25-19)26-18-11-12-27(15-18)21(28)16-7-3-2-4-8-16/h5-6,9-10,13,16,18,25H,2-4,7-8,11-12,14-15H2,1H3,(H2,23,24,26). The van der Waals surface area contributed by atoms with E-state index in [4.69, 9.17) is 0 Å². The molecule has 2 aromatic rings. The Morgan fingerprint density at radius 2 is 2.04 bits per heavy atom. The Labute approximate surface area is 166 Å². The molecule has 1 saturated carbocycles. The number of rotatable bonds is 4. The van der Waals surface area contributed by atoms with E-state index in [-0.39, 0.29) is 12.0 Å². The van der Waals surface area contributed by atoms with Gasteiger partial charge in [-0.3, -0.25) is 9.79 Å². The van der Waals surface area contributed by atoms with Gasteiger partial charge in [0.2, 0.25) is 5.91 Å². The fourth-order valence-corrected chi connectivity index (χ4v) is 4.48. The summed E-state index contributed by atoms with van der Waals surface area (Å²) in [6.45, 7) is 2.32. The van der Waals surface area contributed by atoms with Gasteiger partial charge >= 0.3 is 0 Å². The van der Waals surface area contributed by atoms with E-state index in [2.05, 4.69) is 43.7 Å². The third-order valence-corrected chi connectivity index (χ3v) is 6.05. The summed E-state index contributed by atoms with van der Waals surface area (Å²) in [5.74, 6) is 1.41. The molecule has 3 N–H and O–H groups in total. The molecule has 1 atom stereocenters. The quantitative estimate of drug-likeness (QED) is 0.563. The zero-order valence-electron chi connectivity index (χ0n) is 16.7. The van der Waals surface area contributed by atoms with Crippen LogP contribution in [0.2, 0.25) is 0 Å². The van der Waals surface area contributed by atoms with Crippen molar-refractivity contribution in [3.05, 3.63) is 36.0 Å². The number of nitrogens with one attached hydrogen (secondary N) is 3. The minimum absolute atomic E-state index is 0.256. The van der Waals surface area contributed by atoms with Crippen LogP contribution in [0.3, 0.4) is 0 Å². The van der Waals surface area contributed by atoms with E-state index in [9.17, 15) is 4.79 Å². The van der Waals surface area contributed by atoms with Crippen LogP contribution < -0.4 is 10.6 Å². The number of aromatic nitrogens is 1. The normalized spacial score (nSPS) is 21.2. The molecule has 1 amide bonds. The maximum absolute atomic E-state index is 12.7. The van der Waals surface area contributed by atoms with Gasteiger partial charge in [-0.25, -0.2) is 0 Å². The van der Waals surface area contributed by atoms with E-state index in [1.807, 2.05) is 12.1 Å². The molecule has 0 bridgehead atoms. The Morgan fingerprint density at radius 1 is 1.21 bits per heavy atom. The molecule has 150 valence electrons. The summed E-state index contributed by atoms with van der Waals surface area (Å²) in [5, 5.41) is 8.09. The Morgan fingerprint density at radius 3 is 2.82 bits per heavy atom. The highest BCUT2D eigenvalue weighted by molar-refractivity contribution is 5.82. The van der Waals surface area contributed by atoms with Crippen LogP contribution in [0.15, 0.2) is 35.3 Å². The zero-order valence-corrected chi connectivity index (χ0v) is 16.7. The van der Waals surface area contributed by atoms with Crippen molar-refractivity contribution in [3.8, 4) is 0 Å². The van der Waals surface area contributed by atoms with E-state index in [1.54, 1.807) is 7.05 Å². The second kappa shape index (κ2) is 8.67.